The van der Waals surface area contributed by atoms with Crippen LogP contribution in [0.1, 0.15) is 99.1 Å². The first-order valence-corrected chi connectivity index (χ1v) is 34.5. The van der Waals surface area contributed by atoms with Gasteiger partial charge in [-0.15, -0.1) is 0 Å². The number of hydrogen-bond donors (Lipinski definition) is 10. The Labute approximate surface area is 584 Å². The minimum atomic E-state index is -1.84. The van der Waals surface area contributed by atoms with Gasteiger partial charge in [0.25, 0.3) is 0 Å². The Balaban J connectivity index is 1.09. The van der Waals surface area contributed by atoms with Crippen LogP contribution in [-0.2, 0) is 103 Å². The van der Waals surface area contributed by atoms with Crippen LogP contribution >= 0.6 is 0 Å². The van der Waals surface area contributed by atoms with Crippen molar-refractivity contribution in [3.05, 3.63) is 149 Å². The standard InChI is InChI=1S/C73H90FN13O14/c1-43-65(92)82-57(38-75)67(94)79-54-35-48-11-9-12-49(33-48)39-77-61(90)42-101-59-26-32-86-64(59)69(96)83-63(44(2)88)68(95)81-55(34-46-17-20-52(100-4)21-18-46)71(98)87-31-10-27-73(87,3)72(99)76-28-25-45-13-15-47(16-14-45)40-85(62(91)24-23-60(89)78-43)30-8-6-5-7-29-84-41-50(36-56(70(86)97)80-66(54)93)53-37-51(74)19-22-58(53)84/h5,7,9,11-22,33,37,41,43-44,54-57,59,63-64,88H,6,8,10,23-32,34-36,38-40,42,75H2,1-4H3,(H,76,99)(H,77,90)(H,78,89)(H,79,94)(H,80,93)(H,81,95)(H,82,92)(H,83,96)/b7-5+/t43-,44+,54-,55-,56-,57+,59-,63-,64-,73-/m0/s1. The number of nitrogens with one attached hydrogen (secondary N) is 8. The van der Waals surface area contributed by atoms with E-state index in [1.807, 2.05) is 41.0 Å². The van der Waals surface area contributed by atoms with Crippen LogP contribution in [0.4, 0.5) is 4.39 Å². The second kappa shape index (κ2) is 33.4. The van der Waals surface area contributed by atoms with Crippen LogP contribution in [0, 0.1) is 5.82 Å². The number of benzene rings is 4. The number of aliphatic hydroxyl groups is 1. The number of allylic oxidation sites excluding steroid dienone is 2. The summed E-state index contributed by atoms with van der Waals surface area (Å²) in [5, 5.41) is 33.9. The Bertz CT molecular complexity index is 3940. The van der Waals surface area contributed by atoms with E-state index in [9.17, 15) is 33.9 Å². The average molecular weight is 1390 g/mol. The van der Waals surface area contributed by atoms with Crippen molar-refractivity contribution in [2.45, 2.75) is 171 Å². The van der Waals surface area contributed by atoms with Gasteiger partial charge in [-0.2, -0.15) is 0 Å². The zero-order chi connectivity index (χ0) is 72.1. The van der Waals surface area contributed by atoms with Gasteiger partial charge in [-0.3, -0.25) is 52.7 Å². The third-order valence-electron chi connectivity index (χ3n) is 19.4. The highest BCUT2D eigenvalue weighted by atomic mass is 19.1. The van der Waals surface area contributed by atoms with E-state index in [0.717, 1.165) is 16.0 Å². The summed E-state index contributed by atoms with van der Waals surface area (Å²) in [5.74, 6) is -8.42. The summed E-state index contributed by atoms with van der Waals surface area (Å²) in [5.41, 5.74) is 8.93. The quantitative estimate of drug-likeness (QED) is 0.109. The molecule has 6 aliphatic rings. The summed E-state index contributed by atoms with van der Waals surface area (Å²) in [4.78, 5) is 166. The fourth-order valence-electron chi connectivity index (χ4n) is 13.7. The number of methoxy groups -OCH3 is 1. The molecule has 5 aromatic rings. The minimum absolute atomic E-state index is 0.0541. The summed E-state index contributed by atoms with van der Waals surface area (Å²) in [6.07, 6.45) is 3.32. The van der Waals surface area contributed by atoms with E-state index in [1.165, 1.54) is 38.0 Å². The fourth-order valence-corrected chi connectivity index (χ4v) is 13.7. The number of rotatable bonds is 5. The predicted octanol–water partition coefficient (Wildman–Crippen LogP) is 0.913. The second-order valence-electron chi connectivity index (χ2n) is 26.8. The van der Waals surface area contributed by atoms with E-state index in [2.05, 4.69) is 42.5 Å². The number of amides is 11. The summed E-state index contributed by atoms with van der Waals surface area (Å²) in [6, 6.07) is 14.3. The van der Waals surface area contributed by atoms with Gasteiger partial charge in [-0.25, -0.2) is 4.39 Å². The Kier molecular flexibility index (Phi) is 24.4. The van der Waals surface area contributed by atoms with Gasteiger partial charge in [0.15, 0.2) is 0 Å². The molecule has 0 unspecified atom stereocenters. The van der Waals surface area contributed by atoms with Gasteiger partial charge >= 0.3 is 0 Å². The maximum absolute atomic E-state index is 16.0. The molecule has 4 aromatic carbocycles. The maximum Gasteiger partial charge on any atom is 0.246 e. The predicted molar refractivity (Wildman–Crippen MR) is 368 cm³/mol. The van der Waals surface area contributed by atoms with E-state index in [0.29, 0.717) is 64.6 Å². The lowest BCUT2D eigenvalue weighted by Crippen LogP contribution is -2.64. The fraction of sp³-hybridized carbons (Fsp3) is 0.466. The number of ether oxygens (including phenoxy) is 2. The van der Waals surface area contributed by atoms with Gasteiger partial charge < -0.3 is 82.1 Å². The highest BCUT2D eigenvalue weighted by Crippen LogP contribution is 2.32. The number of carbonyl (C=O) groups is 11. The molecule has 0 spiro atoms. The first-order chi connectivity index (χ1) is 48.5. The number of hydrogen-bond acceptors (Lipinski definition) is 15. The molecule has 6 aliphatic heterocycles. The van der Waals surface area contributed by atoms with Crippen LogP contribution < -0.4 is 53.0 Å². The molecule has 0 radical (unpaired) electrons. The molecule has 27 nitrogen and oxygen atoms in total. The van der Waals surface area contributed by atoms with Gasteiger partial charge in [-0.1, -0.05) is 72.8 Å². The molecule has 0 saturated carbocycles. The van der Waals surface area contributed by atoms with Crippen LogP contribution in [0.2, 0.25) is 0 Å². The van der Waals surface area contributed by atoms with Crippen LogP contribution in [0.25, 0.3) is 10.9 Å². The molecule has 10 atom stereocenters. The molecule has 2 fully saturated rings. The topological polar surface area (TPSA) is 363 Å². The minimum Gasteiger partial charge on any atom is -0.497 e. The summed E-state index contributed by atoms with van der Waals surface area (Å²) in [6.45, 7) is 3.86. The Morgan fingerprint density at radius 3 is 2.20 bits per heavy atom. The van der Waals surface area contributed by atoms with Crippen molar-refractivity contribution in [1.29, 1.82) is 0 Å². The second-order valence-corrected chi connectivity index (χ2v) is 26.8. The molecule has 1 aromatic heterocycles. The van der Waals surface area contributed by atoms with Crippen molar-refractivity contribution in [1.82, 2.24) is 61.8 Å². The molecule has 538 valence electrons. The van der Waals surface area contributed by atoms with Crippen LogP contribution in [0.3, 0.4) is 0 Å². The van der Waals surface area contributed by atoms with Crippen LogP contribution in [-0.4, -0.2) is 196 Å². The van der Waals surface area contributed by atoms with Gasteiger partial charge in [0.05, 0.1) is 19.3 Å². The third kappa shape index (κ3) is 18.3. The maximum atomic E-state index is 16.0. The number of fused-ring (bicyclic) bond motifs is 16. The molecule has 11 N–H and O–H groups in total. The molecule has 11 amide bonds. The van der Waals surface area contributed by atoms with Gasteiger partial charge in [0.1, 0.15) is 66.0 Å². The molecule has 11 rings (SSSR count). The number of halogens is 1. The Morgan fingerprint density at radius 2 is 1.45 bits per heavy atom. The molecular weight excluding hydrogens is 1300 g/mol. The normalized spacial score (nSPS) is 26.4. The van der Waals surface area contributed by atoms with Crippen molar-refractivity contribution in [3.8, 4) is 5.75 Å². The SMILES string of the molecule is COc1ccc(C[C@@H]2NC(=O)[C@H]([C@@H](C)O)NC(=O)[C@@H]3[C@@H]4CCN3C(=O)[C@@H]3Cc5cn(c6ccc(F)cc56)C/C=C/CCCN(Cc5ccc(cc5)CCNC(=O)[C@]5(C)CCCN5C2=O)C(=O)CCC(=O)N[C@@H](C)C(=O)N[C@H](CN)C(=O)N[C@@H](Cc2cccc(c2)CNC(=O)CO4)C(=O)N3)cc1. The first kappa shape index (κ1) is 73.7. The molecule has 12 bridgehead atoms. The molecular formula is C73H90FN13O14. The average Bonchev–Trinajstić information content (AvgIpc) is 1.71. The molecule has 101 heavy (non-hydrogen) atoms. The first-order valence-electron chi connectivity index (χ1n) is 34.5. The largest absolute Gasteiger partial charge is 0.497 e. The number of nitrogens with zero attached hydrogens (tertiary/aromatic N) is 4. The van der Waals surface area contributed by atoms with Crippen molar-refractivity contribution >= 4 is 75.9 Å². The third-order valence-corrected chi connectivity index (χ3v) is 19.4. The van der Waals surface area contributed by atoms with Crippen molar-refractivity contribution in [2.24, 2.45) is 5.73 Å². The number of aliphatic hydroxyl groups excluding tert-OH is 1. The van der Waals surface area contributed by atoms with E-state index < -0.39 is 138 Å². The van der Waals surface area contributed by atoms with Crippen molar-refractivity contribution in [3.63, 3.8) is 0 Å². The monoisotopic (exact) mass is 1390 g/mol. The number of carbonyl (C=O) groups excluding carboxylic acids is 11. The Morgan fingerprint density at radius 1 is 0.703 bits per heavy atom. The van der Waals surface area contributed by atoms with Crippen LogP contribution in [0.5, 0.6) is 5.75 Å². The van der Waals surface area contributed by atoms with Crippen LogP contribution in [0.15, 0.2) is 109 Å². The smallest absolute Gasteiger partial charge is 0.246 e. The Hall–Kier alpha value is -10.1. The number of nitrogens with two attached hydrogens (primary N) is 1. The van der Waals surface area contributed by atoms with E-state index in [1.54, 1.807) is 72.6 Å². The zero-order valence-corrected chi connectivity index (χ0v) is 57.2. The van der Waals surface area contributed by atoms with Gasteiger partial charge in [-0.05, 0) is 123 Å². The van der Waals surface area contributed by atoms with Crippen molar-refractivity contribution < 1.29 is 71.7 Å². The van der Waals surface area contributed by atoms with E-state index in [-0.39, 0.29) is 96.7 Å². The van der Waals surface area contributed by atoms with Gasteiger partial charge in [0.2, 0.25) is 65.0 Å². The lowest BCUT2D eigenvalue weighted by atomic mass is 9.95. The lowest BCUT2D eigenvalue weighted by Gasteiger charge is -2.37. The molecule has 28 heteroatoms. The lowest BCUT2D eigenvalue weighted by molar-refractivity contribution is -0.148. The zero-order valence-electron chi connectivity index (χ0n) is 57.2. The van der Waals surface area contributed by atoms with E-state index >= 15 is 28.4 Å². The summed E-state index contributed by atoms with van der Waals surface area (Å²) in [7, 11) is 1.49. The van der Waals surface area contributed by atoms with E-state index in [4.69, 9.17) is 15.2 Å². The van der Waals surface area contributed by atoms with Gasteiger partial charge in [0, 0.05) is 102 Å². The van der Waals surface area contributed by atoms with Crippen molar-refractivity contribution in [2.75, 3.05) is 46.4 Å². The summed E-state index contributed by atoms with van der Waals surface area (Å²) < 4.78 is 29.1. The highest BCUT2D eigenvalue weighted by Gasteiger charge is 2.50. The molecule has 0 aliphatic carbocycles. The summed E-state index contributed by atoms with van der Waals surface area (Å²) >= 11 is 0. The molecule has 7 heterocycles. The molecule has 2 saturated heterocycles. The number of aromatic nitrogens is 1. The highest BCUT2D eigenvalue weighted by molar-refractivity contribution is 6.00.